The normalized spacial score (nSPS) is 27.7. The molecule has 1 heteroatoms. The second-order valence-corrected chi connectivity index (χ2v) is 1.82. The lowest BCUT2D eigenvalue weighted by atomic mass is 10.1. The lowest BCUT2D eigenvalue weighted by Crippen LogP contribution is -2.16. The quantitative estimate of drug-likeness (QED) is 0.485. The van der Waals surface area contributed by atoms with Gasteiger partial charge in [-0.25, -0.2) is 0 Å². The van der Waals surface area contributed by atoms with Gasteiger partial charge in [0.25, 0.3) is 0 Å². The highest BCUT2D eigenvalue weighted by molar-refractivity contribution is 5.10. The minimum absolute atomic E-state index is 0.407. The molecule has 0 radical (unpaired) electrons. The van der Waals surface area contributed by atoms with Gasteiger partial charge < -0.3 is 4.74 Å². The number of hydrogen-bond donors (Lipinski definition) is 0. The maximum Gasteiger partial charge on any atom is 0.119 e. The predicted molar refractivity (Wildman–Crippen MR) is 28.9 cm³/mol. The molecule has 40 valence electrons. The number of hydrogen-bond acceptors (Lipinski definition) is 1. The van der Waals surface area contributed by atoms with Crippen LogP contribution in [0.2, 0.25) is 0 Å². The third-order valence-electron chi connectivity index (χ3n) is 1.35. The first kappa shape index (κ1) is 4.69. The van der Waals surface area contributed by atoms with Gasteiger partial charge in [0, 0.05) is 5.57 Å². The Morgan fingerprint density at radius 2 is 2.57 bits per heavy atom. The van der Waals surface area contributed by atoms with E-state index in [0.29, 0.717) is 6.10 Å². The molecule has 0 bridgehead atoms. The Hall–Kier alpha value is -0.460. The van der Waals surface area contributed by atoms with Crippen LogP contribution in [0.15, 0.2) is 11.8 Å². The molecule has 1 nitrogen and oxygen atoms in total. The van der Waals surface area contributed by atoms with Crippen molar-refractivity contribution in [1.29, 1.82) is 0 Å². The van der Waals surface area contributed by atoms with Crippen LogP contribution in [0.4, 0.5) is 0 Å². The lowest BCUT2D eigenvalue weighted by Gasteiger charge is -2.22. The van der Waals surface area contributed by atoms with Crippen LogP contribution in [0.25, 0.3) is 0 Å². The first-order valence-corrected chi connectivity index (χ1v) is 2.69. The first-order chi connectivity index (χ1) is 3.34. The topological polar surface area (TPSA) is 9.23 Å². The Morgan fingerprint density at radius 3 is 2.57 bits per heavy atom. The summed E-state index contributed by atoms with van der Waals surface area (Å²) in [5.74, 6) is 0. The molecule has 1 atom stereocenters. The van der Waals surface area contributed by atoms with Crippen LogP contribution >= 0.6 is 0 Å². The largest absolute Gasteiger partial charge is 0.494 e. The van der Waals surface area contributed by atoms with Crippen molar-refractivity contribution in [3.8, 4) is 0 Å². The van der Waals surface area contributed by atoms with E-state index < -0.39 is 0 Å². The van der Waals surface area contributed by atoms with Crippen molar-refractivity contribution in [3.05, 3.63) is 11.8 Å². The molecule has 0 aromatic heterocycles. The van der Waals surface area contributed by atoms with E-state index in [2.05, 4.69) is 13.8 Å². The van der Waals surface area contributed by atoms with Gasteiger partial charge in [-0.1, -0.05) is 6.92 Å². The molecule has 1 heterocycles. The smallest absolute Gasteiger partial charge is 0.119 e. The SMILES string of the molecule is CCC1=COC1C. The molecule has 0 spiro atoms. The van der Waals surface area contributed by atoms with Crippen molar-refractivity contribution < 1.29 is 4.74 Å². The van der Waals surface area contributed by atoms with E-state index in [-0.39, 0.29) is 0 Å². The number of rotatable bonds is 1. The zero-order valence-corrected chi connectivity index (χ0v) is 4.77. The maximum atomic E-state index is 4.97. The van der Waals surface area contributed by atoms with E-state index in [1.807, 2.05) is 6.26 Å². The second kappa shape index (κ2) is 1.57. The van der Waals surface area contributed by atoms with E-state index in [4.69, 9.17) is 4.74 Å². The van der Waals surface area contributed by atoms with Gasteiger partial charge in [0.1, 0.15) is 6.10 Å². The van der Waals surface area contributed by atoms with Crippen molar-refractivity contribution in [1.82, 2.24) is 0 Å². The van der Waals surface area contributed by atoms with Crippen molar-refractivity contribution >= 4 is 0 Å². The van der Waals surface area contributed by atoms with Gasteiger partial charge in [-0.15, -0.1) is 0 Å². The van der Waals surface area contributed by atoms with E-state index in [1.165, 1.54) is 5.57 Å². The summed E-state index contributed by atoms with van der Waals surface area (Å²) in [5.41, 5.74) is 1.43. The summed E-state index contributed by atoms with van der Waals surface area (Å²) in [4.78, 5) is 0. The third-order valence-corrected chi connectivity index (χ3v) is 1.35. The van der Waals surface area contributed by atoms with Gasteiger partial charge in [0.15, 0.2) is 0 Å². The van der Waals surface area contributed by atoms with Crippen molar-refractivity contribution in [2.45, 2.75) is 26.4 Å². The standard InChI is InChI=1S/C6H10O/c1-3-6-4-7-5(6)2/h4-5H,3H2,1-2H3. The average molecular weight is 98.1 g/mol. The van der Waals surface area contributed by atoms with Crippen molar-refractivity contribution in [3.63, 3.8) is 0 Å². The Morgan fingerprint density at radius 1 is 1.86 bits per heavy atom. The summed E-state index contributed by atoms with van der Waals surface area (Å²) in [7, 11) is 0. The lowest BCUT2D eigenvalue weighted by molar-refractivity contribution is 0.133. The molecule has 0 aromatic carbocycles. The summed E-state index contributed by atoms with van der Waals surface area (Å²) < 4.78 is 4.97. The average Bonchev–Trinajstić information content (AvgIpc) is 1.65. The fraction of sp³-hybridized carbons (Fsp3) is 0.667. The highest BCUT2D eigenvalue weighted by atomic mass is 16.5. The highest BCUT2D eigenvalue weighted by Crippen LogP contribution is 2.19. The zero-order chi connectivity index (χ0) is 5.28. The summed E-state index contributed by atoms with van der Waals surface area (Å²) in [6.07, 6.45) is 3.39. The summed E-state index contributed by atoms with van der Waals surface area (Å²) >= 11 is 0. The van der Waals surface area contributed by atoms with Crippen LogP contribution < -0.4 is 0 Å². The fourth-order valence-corrected chi connectivity index (χ4v) is 0.671. The summed E-state index contributed by atoms with van der Waals surface area (Å²) in [5, 5.41) is 0. The number of ether oxygens (including phenoxy) is 1. The van der Waals surface area contributed by atoms with Gasteiger partial charge in [-0.2, -0.15) is 0 Å². The monoisotopic (exact) mass is 98.1 g/mol. The molecule has 7 heavy (non-hydrogen) atoms. The molecule has 1 aliphatic rings. The Balaban J connectivity index is 2.41. The fourth-order valence-electron chi connectivity index (χ4n) is 0.671. The molecule has 1 unspecified atom stereocenters. The Labute approximate surface area is 44.0 Å². The predicted octanol–water partition coefficient (Wildman–Crippen LogP) is 1.70. The zero-order valence-electron chi connectivity index (χ0n) is 4.77. The summed E-state index contributed by atoms with van der Waals surface area (Å²) in [6.45, 7) is 4.21. The minimum Gasteiger partial charge on any atom is -0.494 e. The van der Waals surface area contributed by atoms with E-state index in [9.17, 15) is 0 Å². The molecule has 0 fully saturated rings. The molecule has 0 saturated carbocycles. The van der Waals surface area contributed by atoms with Crippen LogP contribution in [0.1, 0.15) is 20.3 Å². The van der Waals surface area contributed by atoms with Gasteiger partial charge >= 0.3 is 0 Å². The van der Waals surface area contributed by atoms with Crippen LogP contribution in [-0.2, 0) is 4.74 Å². The molecule has 1 rings (SSSR count). The molecule has 0 N–H and O–H groups in total. The van der Waals surface area contributed by atoms with Crippen molar-refractivity contribution in [2.24, 2.45) is 0 Å². The van der Waals surface area contributed by atoms with Gasteiger partial charge in [-0.3, -0.25) is 0 Å². The highest BCUT2D eigenvalue weighted by Gasteiger charge is 2.14. The Bertz CT molecular complexity index is 94.4. The molecule has 1 aliphatic heterocycles. The molecule has 0 aromatic rings. The van der Waals surface area contributed by atoms with E-state index in [1.54, 1.807) is 0 Å². The third kappa shape index (κ3) is 0.625. The Kier molecular flexibility index (Phi) is 1.05. The summed E-state index contributed by atoms with van der Waals surface area (Å²) in [6, 6.07) is 0. The maximum absolute atomic E-state index is 4.97. The molecule has 0 saturated heterocycles. The second-order valence-electron chi connectivity index (χ2n) is 1.82. The van der Waals surface area contributed by atoms with Crippen LogP contribution in [0, 0.1) is 0 Å². The molecule has 0 amide bonds. The first-order valence-electron chi connectivity index (χ1n) is 2.69. The van der Waals surface area contributed by atoms with Crippen LogP contribution in [0.5, 0.6) is 0 Å². The molecular weight excluding hydrogens is 88.1 g/mol. The van der Waals surface area contributed by atoms with Gasteiger partial charge in [0.2, 0.25) is 0 Å². The van der Waals surface area contributed by atoms with Crippen LogP contribution in [-0.4, -0.2) is 6.10 Å². The van der Waals surface area contributed by atoms with Crippen LogP contribution in [0.3, 0.4) is 0 Å². The minimum atomic E-state index is 0.407. The van der Waals surface area contributed by atoms with Gasteiger partial charge in [-0.05, 0) is 13.3 Å². The van der Waals surface area contributed by atoms with E-state index in [0.717, 1.165) is 6.42 Å². The van der Waals surface area contributed by atoms with E-state index >= 15 is 0 Å². The molecule has 0 aliphatic carbocycles. The molecular formula is C6H10O. The van der Waals surface area contributed by atoms with Gasteiger partial charge in [0.05, 0.1) is 6.26 Å². The van der Waals surface area contributed by atoms with Crippen molar-refractivity contribution in [2.75, 3.05) is 0 Å².